The molecule has 0 aliphatic heterocycles. The van der Waals surface area contributed by atoms with Gasteiger partial charge in [0.15, 0.2) is 5.78 Å². The zero-order chi connectivity index (χ0) is 11.2. The predicted octanol–water partition coefficient (Wildman–Crippen LogP) is 2.96. The molecule has 80 valence electrons. The lowest BCUT2D eigenvalue weighted by molar-refractivity contribution is -0.138. The van der Waals surface area contributed by atoms with Crippen molar-refractivity contribution in [2.75, 3.05) is 0 Å². The van der Waals surface area contributed by atoms with Gasteiger partial charge in [-0.1, -0.05) is 23.2 Å². The van der Waals surface area contributed by atoms with Crippen molar-refractivity contribution in [3.05, 3.63) is 20.3 Å². The number of carboxylic acid groups (broad SMARTS) is 1. The van der Waals surface area contributed by atoms with Crippen LogP contribution in [0.25, 0.3) is 0 Å². The maximum Gasteiger partial charge on any atom is 0.307 e. The lowest BCUT2D eigenvalue weighted by Gasteiger charge is -1.92. The molecule has 0 saturated heterocycles. The lowest BCUT2D eigenvalue weighted by Crippen LogP contribution is -2.06. The SMILES string of the molecule is O=C(O)C1CC1C(=O)c1cc(Cl)c(Cl)s1. The molecule has 1 heterocycles. The van der Waals surface area contributed by atoms with E-state index in [1.807, 2.05) is 0 Å². The van der Waals surface area contributed by atoms with E-state index in [9.17, 15) is 9.59 Å². The van der Waals surface area contributed by atoms with E-state index in [1.165, 1.54) is 6.07 Å². The normalized spacial score (nSPS) is 23.9. The molecule has 1 aliphatic rings. The monoisotopic (exact) mass is 264 g/mol. The van der Waals surface area contributed by atoms with Gasteiger partial charge in [0.2, 0.25) is 0 Å². The molecule has 2 unspecified atom stereocenters. The molecule has 0 radical (unpaired) electrons. The van der Waals surface area contributed by atoms with Gasteiger partial charge in [-0.15, -0.1) is 11.3 Å². The van der Waals surface area contributed by atoms with Crippen LogP contribution in [0.4, 0.5) is 0 Å². The van der Waals surface area contributed by atoms with E-state index in [0.717, 1.165) is 11.3 Å². The Bertz CT molecular complexity index is 421. The number of carboxylic acids is 1. The number of rotatable bonds is 3. The van der Waals surface area contributed by atoms with Crippen molar-refractivity contribution in [2.24, 2.45) is 11.8 Å². The Hall–Kier alpha value is -0.580. The molecule has 1 aliphatic carbocycles. The van der Waals surface area contributed by atoms with Crippen LogP contribution in [0.15, 0.2) is 6.07 Å². The third kappa shape index (κ3) is 2.02. The number of carbonyl (C=O) groups excluding carboxylic acids is 1. The second kappa shape index (κ2) is 3.77. The largest absolute Gasteiger partial charge is 0.481 e. The molecular formula is C9H6Cl2O3S. The maximum absolute atomic E-state index is 11.7. The average Bonchev–Trinajstić information content (AvgIpc) is 2.89. The Balaban J connectivity index is 2.13. The fourth-order valence-corrected chi connectivity index (χ4v) is 2.78. The van der Waals surface area contributed by atoms with Gasteiger partial charge in [-0.2, -0.15) is 0 Å². The minimum atomic E-state index is -0.915. The third-order valence-electron chi connectivity index (χ3n) is 2.33. The van der Waals surface area contributed by atoms with Crippen LogP contribution >= 0.6 is 34.5 Å². The molecule has 0 amide bonds. The Morgan fingerprint density at radius 1 is 1.40 bits per heavy atom. The summed E-state index contributed by atoms with van der Waals surface area (Å²) in [6, 6.07) is 1.49. The first-order chi connectivity index (χ1) is 7.00. The van der Waals surface area contributed by atoms with E-state index in [1.54, 1.807) is 0 Å². The van der Waals surface area contributed by atoms with Crippen molar-refractivity contribution in [3.63, 3.8) is 0 Å². The number of carbonyl (C=O) groups is 2. The lowest BCUT2D eigenvalue weighted by atomic mass is 10.2. The van der Waals surface area contributed by atoms with Crippen LogP contribution in [0.5, 0.6) is 0 Å². The standard InChI is InChI=1S/C9H6Cl2O3S/c10-5-2-6(15-8(5)11)7(12)3-1-4(3)9(13)14/h2-4H,1H2,(H,13,14). The highest BCUT2D eigenvalue weighted by molar-refractivity contribution is 7.18. The van der Waals surface area contributed by atoms with E-state index < -0.39 is 17.8 Å². The summed E-state index contributed by atoms with van der Waals surface area (Å²) in [5, 5.41) is 9.02. The van der Waals surface area contributed by atoms with Gasteiger partial charge in [0, 0.05) is 5.92 Å². The van der Waals surface area contributed by atoms with Crippen LogP contribution in [-0.2, 0) is 4.79 Å². The summed E-state index contributed by atoms with van der Waals surface area (Å²) < 4.78 is 0.368. The molecule has 15 heavy (non-hydrogen) atoms. The number of Topliss-reactive ketones (excluding diaryl/α,β-unsaturated/α-hetero) is 1. The number of halogens is 2. The first-order valence-corrected chi connectivity index (χ1v) is 5.80. The van der Waals surface area contributed by atoms with Gasteiger partial charge >= 0.3 is 5.97 Å². The first kappa shape index (κ1) is 10.9. The molecule has 1 saturated carbocycles. The minimum Gasteiger partial charge on any atom is -0.481 e. The van der Waals surface area contributed by atoms with E-state index in [-0.39, 0.29) is 5.78 Å². The van der Waals surface area contributed by atoms with Gasteiger partial charge in [0.1, 0.15) is 4.34 Å². The van der Waals surface area contributed by atoms with Crippen LogP contribution in [0.2, 0.25) is 9.36 Å². The highest BCUT2D eigenvalue weighted by atomic mass is 35.5. The summed E-state index contributed by atoms with van der Waals surface area (Å²) in [5.74, 6) is -2.01. The Morgan fingerprint density at radius 2 is 2.07 bits per heavy atom. The summed E-state index contributed by atoms with van der Waals surface area (Å²) in [6.07, 6.45) is 0.418. The van der Waals surface area contributed by atoms with E-state index in [4.69, 9.17) is 28.3 Å². The minimum absolute atomic E-state index is 0.166. The quantitative estimate of drug-likeness (QED) is 0.855. The smallest absolute Gasteiger partial charge is 0.307 e. The van der Waals surface area contributed by atoms with Crippen molar-refractivity contribution < 1.29 is 14.7 Å². The van der Waals surface area contributed by atoms with E-state index >= 15 is 0 Å². The van der Waals surface area contributed by atoms with Crippen molar-refractivity contribution in [1.29, 1.82) is 0 Å². The van der Waals surface area contributed by atoms with Crippen LogP contribution in [-0.4, -0.2) is 16.9 Å². The predicted molar refractivity (Wildman–Crippen MR) is 57.9 cm³/mol. The molecule has 0 bridgehead atoms. The molecule has 1 fully saturated rings. The summed E-state index contributed by atoms with van der Waals surface area (Å²) in [5.41, 5.74) is 0. The summed E-state index contributed by atoms with van der Waals surface area (Å²) in [4.78, 5) is 22.7. The highest BCUT2D eigenvalue weighted by Crippen LogP contribution is 2.43. The van der Waals surface area contributed by atoms with E-state index in [2.05, 4.69) is 0 Å². The van der Waals surface area contributed by atoms with Gasteiger partial charge < -0.3 is 5.11 Å². The van der Waals surface area contributed by atoms with Crippen molar-refractivity contribution in [1.82, 2.24) is 0 Å². The molecule has 3 nitrogen and oxygen atoms in total. The van der Waals surface area contributed by atoms with Crippen LogP contribution in [0, 0.1) is 11.8 Å². The van der Waals surface area contributed by atoms with Crippen molar-refractivity contribution >= 4 is 46.3 Å². The third-order valence-corrected chi connectivity index (χ3v) is 4.21. The second-order valence-electron chi connectivity index (χ2n) is 3.38. The zero-order valence-corrected chi connectivity index (χ0v) is 9.70. The number of aliphatic carboxylic acids is 1. The Morgan fingerprint density at radius 3 is 2.47 bits per heavy atom. The van der Waals surface area contributed by atoms with E-state index in [0.29, 0.717) is 20.7 Å². The number of ketones is 1. The summed E-state index contributed by atoms with van der Waals surface area (Å²) in [6.45, 7) is 0. The fourth-order valence-electron chi connectivity index (χ4n) is 1.41. The summed E-state index contributed by atoms with van der Waals surface area (Å²) in [7, 11) is 0. The molecule has 0 aromatic carbocycles. The Labute approximate surface area is 99.6 Å². The van der Waals surface area contributed by atoms with Gasteiger partial charge in [-0.25, -0.2) is 0 Å². The highest BCUT2D eigenvalue weighted by Gasteiger charge is 2.48. The zero-order valence-electron chi connectivity index (χ0n) is 7.37. The maximum atomic E-state index is 11.7. The molecule has 1 aromatic rings. The van der Waals surface area contributed by atoms with Crippen LogP contribution in [0.1, 0.15) is 16.1 Å². The molecular weight excluding hydrogens is 259 g/mol. The number of hydrogen-bond acceptors (Lipinski definition) is 3. The molecule has 6 heteroatoms. The van der Waals surface area contributed by atoms with Crippen molar-refractivity contribution in [3.8, 4) is 0 Å². The molecule has 2 atom stereocenters. The first-order valence-electron chi connectivity index (χ1n) is 4.22. The topological polar surface area (TPSA) is 54.4 Å². The Kier molecular flexibility index (Phi) is 2.75. The van der Waals surface area contributed by atoms with Crippen molar-refractivity contribution in [2.45, 2.75) is 6.42 Å². The summed E-state index contributed by atoms with van der Waals surface area (Å²) >= 11 is 12.5. The van der Waals surface area contributed by atoms with Crippen LogP contribution < -0.4 is 0 Å². The second-order valence-corrected chi connectivity index (χ2v) is 5.44. The number of thiophene rings is 1. The van der Waals surface area contributed by atoms with Gasteiger partial charge in [-0.3, -0.25) is 9.59 Å². The fraction of sp³-hybridized carbons (Fsp3) is 0.333. The van der Waals surface area contributed by atoms with Gasteiger partial charge in [0.25, 0.3) is 0 Å². The molecule has 1 N–H and O–H groups in total. The molecule has 0 spiro atoms. The molecule has 2 rings (SSSR count). The average molecular weight is 265 g/mol. The van der Waals surface area contributed by atoms with Gasteiger partial charge in [-0.05, 0) is 12.5 Å². The van der Waals surface area contributed by atoms with Crippen LogP contribution in [0.3, 0.4) is 0 Å². The molecule has 1 aromatic heterocycles. The van der Waals surface area contributed by atoms with Gasteiger partial charge in [0.05, 0.1) is 15.8 Å². The number of hydrogen-bond donors (Lipinski definition) is 1.